The van der Waals surface area contributed by atoms with Crippen molar-refractivity contribution in [3.8, 4) is 16.4 Å². The van der Waals surface area contributed by atoms with Crippen molar-refractivity contribution in [3.05, 3.63) is 86.8 Å². The number of hydrogen-bond acceptors (Lipinski definition) is 7. The van der Waals surface area contributed by atoms with Crippen LogP contribution in [0.25, 0.3) is 27.4 Å². The minimum atomic E-state index is -0.551. The first-order chi connectivity index (χ1) is 15.9. The van der Waals surface area contributed by atoms with Crippen LogP contribution in [-0.2, 0) is 14.1 Å². The van der Waals surface area contributed by atoms with E-state index in [-0.39, 0.29) is 22.5 Å². The van der Waals surface area contributed by atoms with Gasteiger partial charge in [0.05, 0.1) is 27.8 Å². The summed E-state index contributed by atoms with van der Waals surface area (Å²) < 4.78 is 3.88. The lowest BCUT2D eigenvalue weighted by atomic mass is 10.3. The molecule has 1 N–H and O–H groups in total. The van der Waals surface area contributed by atoms with Gasteiger partial charge in [-0.1, -0.05) is 24.3 Å². The first kappa shape index (κ1) is 20.5. The van der Waals surface area contributed by atoms with E-state index >= 15 is 0 Å². The SMILES string of the molecule is Cn1c(=O)c2cc(NC(=O)c3nc(-c4cccs4)n(-c4ccccc4)n3)cnc2n(C)c1=O. The molecule has 33 heavy (non-hydrogen) atoms. The number of carbonyl (C=O) groups excluding carboxylic acids is 1. The Balaban J connectivity index is 1.54. The highest BCUT2D eigenvalue weighted by Crippen LogP contribution is 2.25. The van der Waals surface area contributed by atoms with E-state index < -0.39 is 17.2 Å². The molecule has 0 saturated carbocycles. The zero-order valence-electron chi connectivity index (χ0n) is 17.6. The van der Waals surface area contributed by atoms with E-state index in [1.54, 1.807) is 4.68 Å². The number of carbonyl (C=O) groups is 1. The summed E-state index contributed by atoms with van der Waals surface area (Å²) in [6.45, 7) is 0. The molecular weight excluding hydrogens is 442 g/mol. The fraction of sp³-hybridized carbons (Fsp3) is 0.0909. The van der Waals surface area contributed by atoms with E-state index in [4.69, 9.17) is 0 Å². The van der Waals surface area contributed by atoms with E-state index in [0.717, 1.165) is 15.1 Å². The standard InChI is InChI=1S/C22H17N7O3S/c1-27-18-15(21(31)28(2)22(27)32)11-13(12-23-18)24-20(30)17-25-19(16-9-6-10-33-16)29(26-17)14-7-4-3-5-8-14/h3-12H,1-2H3,(H,24,30). The highest BCUT2D eigenvalue weighted by molar-refractivity contribution is 7.13. The normalized spacial score (nSPS) is 11.1. The molecule has 4 aromatic heterocycles. The van der Waals surface area contributed by atoms with Gasteiger partial charge < -0.3 is 5.32 Å². The van der Waals surface area contributed by atoms with Gasteiger partial charge in [0, 0.05) is 14.1 Å². The van der Waals surface area contributed by atoms with E-state index in [9.17, 15) is 14.4 Å². The van der Waals surface area contributed by atoms with Gasteiger partial charge in [0.1, 0.15) is 5.65 Å². The number of thiophene rings is 1. The molecule has 0 spiro atoms. The third-order valence-corrected chi connectivity index (χ3v) is 5.97. The third kappa shape index (κ3) is 3.53. The number of amides is 1. The molecule has 5 aromatic rings. The molecule has 11 heteroatoms. The number of nitrogens with one attached hydrogen (secondary N) is 1. The summed E-state index contributed by atoms with van der Waals surface area (Å²) in [5.74, 6) is -0.0390. The lowest BCUT2D eigenvalue weighted by Gasteiger charge is -2.08. The van der Waals surface area contributed by atoms with Crippen LogP contribution in [0.2, 0.25) is 0 Å². The Kier molecular flexibility index (Phi) is 4.94. The van der Waals surface area contributed by atoms with Crippen LogP contribution in [0, 0.1) is 0 Å². The van der Waals surface area contributed by atoms with E-state index in [0.29, 0.717) is 5.82 Å². The second-order valence-corrected chi connectivity index (χ2v) is 8.19. The summed E-state index contributed by atoms with van der Waals surface area (Å²) in [6, 6.07) is 14.7. The maximum atomic E-state index is 13.0. The zero-order chi connectivity index (χ0) is 23.1. The molecule has 164 valence electrons. The van der Waals surface area contributed by atoms with Crippen molar-refractivity contribution >= 4 is 34.0 Å². The molecule has 0 bridgehead atoms. The second-order valence-electron chi connectivity index (χ2n) is 7.24. The largest absolute Gasteiger partial charge is 0.332 e. The molecule has 0 atom stereocenters. The number of hydrogen-bond donors (Lipinski definition) is 1. The molecule has 0 aliphatic heterocycles. The summed E-state index contributed by atoms with van der Waals surface area (Å²) in [7, 11) is 2.92. The Morgan fingerprint density at radius 2 is 1.82 bits per heavy atom. The highest BCUT2D eigenvalue weighted by atomic mass is 32.1. The summed E-state index contributed by atoms with van der Waals surface area (Å²) in [4.78, 5) is 47.1. The average molecular weight is 459 g/mol. The van der Waals surface area contributed by atoms with Crippen molar-refractivity contribution in [2.45, 2.75) is 0 Å². The Hall–Kier alpha value is -4.38. The van der Waals surface area contributed by atoms with Crippen LogP contribution < -0.4 is 16.6 Å². The number of aromatic nitrogens is 6. The second kappa shape index (κ2) is 7.95. The number of rotatable bonds is 4. The number of para-hydroxylation sites is 1. The first-order valence-corrected chi connectivity index (χ1v) is 10.8. The lowest BCUT2D eigenvalue weighted by molar-refractivity contribution is 0.101. The van der Waals surface area contributed by atoms with Crippen LogP contribution in [-0.4, -0.2) is 34.8 Å². The smallest absolute Gasteiger partial charge is 0.318 e. The molecule has 5 rings (SSSR count). The van der Waals surface area contributed by atoms with E-state index in [1.165, 1.54) is 42.3 Å². The van der Waals surface area contributed by atoms with E-state index in [1.807, 2.05) is 47.8 Å². The number of pyridine rings is 1. The van der Waals surface area contributed by atoms with Crippen LogP contribution >= 0.6 is 11.3 Å². The molecule has 0 unspecified atom stereocenters. The van der Waals surface area contributed by atoms with Gasteiger partial charge in [-0.15, -0.1) is 16.4 Å². The maximum absolute atomic E-state index is 13.0. The van der Waals surface area contributed by atoms with Gasteiger partial charge in [0.2, 0.25) is 5.82 Å². The van der Waals surface area contributed by atoms with Crippen molar-refractivity contribution < 1.29 is 4.79 Å². The third-order valence-electron chi connectivity index (χ3n) is 5.10. The fourth-order valence-electron chi connectivity index (χ4n) is 3.44. The van der Waals surface area contributed by atoms with Gasteiger partial charge in [-0.05, 0) is 29.6 Å². The maximum Gasteiger partial charge on any atom is 0.332 e. The molecule has 0 saturated heterocycles. The minimum absolute atomic E-state index is 0.0317. The Labute approximate surface area is 190 Å². The van der Waals surface area contributed by atoms with Crippen LogP contribution in [0.3, 0.4) is 0 Å². The van der Waals surface area contributed by atoms with Crippen LogP contribution in [0.1, 0.15) is 10.6 Å². The molecule has 4 heterocycles. The van der Waals surface area contributed by atoms with Gasteiger partial charge in [-0.2, -0.15) is 0 Å². The van der Waals surface area contributed by atoms with E-state index in [2.05, 4.69) is 20.4 Å². The number of benzene rings is 1. The molecule has 0 radical (unpaired) electrons. The summed E-state index contributed by atoms with van der Waals surface area (Å²) >= 11 is 1.49. The van der Waals surface area contributed by atoms with Crippen LogP contribution in [0.4, 0.5) is 5.69 Å². The monoisotopic (exact) mass is 459 g/mol. The molecule has 1 amide bonds. The highest BCUT2D eigenvalue weighted by Gasteiger charge is 2.20. The Morgan fingerprint density at radius 3 is 2.55 bits per heavy atom. The molecule has 0 aliphatic rings. The number of aryl methyl sites for hydroxylation is 1. The van der Waals surface area contributed by atoms with Crippen molar-refractivity contribution in [1.82, 2.24) is 28.9 Å². The van der Waals surface area contributed by atoms with Crippen molar-refractivity contribution in [1.29, 1.82) is 0 Å². The van der Waals surface area contributed by atoms with Crippen molar-refractivity contribution in [2.75, 3.05) is 5.32 Å². The summed E-state index contributed by atoms with van der Waals surface area (Å²) in [5, 5.41) is 9.25. The van der Waals surface area contributed by atoms with Crippen molar-refractivity contribution in [3.63, 3.8) is 0 Å². The predicted molar refractivity (Wildman–Crippen MR) is 125 cm³/mol. The van der Waals surface area contributed by atoms with Crippen LogP contribution in [0.15, 0.2) is 69.7 Å². The topological polar surface area (TPSA) is 117 Å². The van der Waals surface area contributed by atoms with Gasteiger partial charge in [0.25, 0.3) is 11.5 Å². The van der Waals surface area contributed by atoms with Gasteiger partial charge in [-0.3, -0.25) is 18.7 Å². The molecular formula is C22H17N7O3S. The number of nitrogens with zero attached hydrogens (tertiary/aromatic N) is 6. The fourth-order valence-corrected chi connectivity index (χ4v) is 4.14. The molecule has 0 fully saturated rings. The molecule has 10 nitrogen and oxygen atoms in total. The summed E-state index contributed by atoms with van der Waals surface area (Å²) in [5.41, 5.74) is 0.311. The average Bonchev–Trinajstić information content (AvgIpc) is 3.52. The minimum Gasteiger partial charge on any atom is -0.318 e. The first-order valence-electron chi connectivity index (χ1n) is 9.87. The number of fused-ring (bicyclic) bond motifs is 1. The predicted octanol–water partition coefficient (Wildman–Crippen LogP) is 2.19. The molecule has 1 aromatic carbocycles. The zero-order valence-corrected chi connectivity index (χ0v) is 18.4. The number of anilines is 1. The Morgan fingerprint density at radius 1 is 1.03 bits per heavy atom. The van der Waals surface area contributed by atoms with Gasteiger partial charge >= 0.3 is 5.69 Å². The van der Waals surface area contributed by atoms with Crippen LogP contribution in [0.5, 0.6) is 0 Å². The quantitative estimate of drug-likeness (QED) is 0.440. The molecule has 0 aliphatic carbocycles. The van der Waals surface area contributed by atoms with Gasteiger partial charge in [0.15, 0.2) is 5.82 Å². The summed E-state index contributed by atoms with van der Waals surface area (Å²) in [6.07, 6.45) is 1.38. The van der Waals surface area contributed by atoms with Crippen molar-refractivity contribution in [2.24, 2.45) is 14.1 Å². The Bertz CT molecular complexity index is 1620. The van der Waals surface area contributed by atoms with Gasteiger partial charge in [-0.25, -0.2) is 19.4 Å². The lowest BCUT2D eigenvalue weighted by Crippen LogP contribution is -2.37.